The Morgan fingerprint density at radius 2 is 2.05 bits per heavy atom. The number of carbonyl (C=O) groups is 1. The van der Waals surface area contributed by atoms with E-state index in [4.69, 9.17) is 5.73 Å². The first kappa shape index (κ1) is 18.0. The van der Waals surface area contributed by atoms with Crippen LogP contribution in [0.3, 0.4) is 0 Å². The Morgan fingerprint density at radius 1 is 1.35 bits per heavy atom. The summed E-state index contributed by atoms with van der Waals surface area (Å²) in [5, 5.41) is 3.01. The standard InChI is InChI=1S/C14H21BrN2OS.ClH/c15-12-5-4-11(19-12)9-17-13(18)8-14(10-16)6-2-1-3-7-14;/h4-5H,1-3,6-10,16H2,(H,17,18);1H. The van der Waals surface area contributed by atoms with Gasteiger partial charge < -0.3 is 11.1 Å². The molecule has 0 saturated heterocycles. The molecule has 3 N–H and O–H groups in total. The molecule has 1 aliphatic rings. The third kappa shape index (κ3) is 5.02. The van der Waals surface area contributed by atoms with Crippen molar-refractivity contribution in [3.63, 3.8) is 0 Å². The van der Waals surface area contributed by atoms with Crippen molar-refractivity contribution in [3.05, 3.63) is 20.8 Å². The minimum absolute atomic E-state index is 0. The number of amides is 1. The van der Waals surface area contributed by atoms with Crippen molar-refractivity contribution >= 4 is 45.6 Å². The third-order valence-electron chi connectivity index (χ3n) is 3.97. The van der Waals surface area contributed by atoms with E-state index in [1.54, 1.807) is 11.3 Å². The van der Waals surface area contributed by atoms with Crippen LogP contribution in [0, 0.1) is 5.41 Å². The van der Waals surface area contributed by atoms with Crippen LogP contribution in [0.15, 0.2) is 15.9 Å². The number of hydrogen-bond acceptors (Lipinski definition) is 3. The predicted octanol–water partition coefficient (Wildman–Crippen LogP) is 3.85. The van der Waals surface area contributed by atoms with Crippen LogP contribution in [0.25, 0.3) is 0 Å². The first-order valence-corrected chi connectivity index (χ1v) is 8.45. The molecule has 0 aliphatic heterocycles. The Kier molecular flexibility index (Phi) is 7.51. The van der Waals surface area contributed by atoms with Crippen molar-refractivity contribution in [2.24, 2.45) is 11.1 Å². The fourth-order valence-corrected chi connectivity index (χ4v) is 4.21. The molecule has 0 radical (unpaired) electrons. The van der Waals surface area contributed by atoms with E-state index >= 15 is 0 Å². The highest BCUT2D eigenvalue weighted by molar-refractivity contribution is 9.11. The average Bonchev–Trinajstić information content (AvgIpc) is 2.83. The fraction of sp³-hybridized carbons (Fsp3) is 0.643. The van der Waals surface area contributed by atoms with Crippen LogP contribution >= 0.6 is 39.7 Å². The van der Waals surface area contributed by atoms with Crippen molar-refractivity contribution in [2.45, 2.75) is 45.1 Å². The van der Waals surface area contributed by atoms with Gasteiger partial charge in [0, 0.05) is 11.3 Å². The van der Waals surface area contributed by atoms with Crippen LogP contribution < -0.4 is 11.1 Å². The van der Waals surface area contributed by atoms with Crippen LogP contribution in [0.4, 0.5) is 0 Å². The summed E-state index contributed by atoms with van der Waals surface area (Å²) in [7, 11) is 0. The van der Waals surface area contributed by atoms with E-state index < -0.39 is 0 Å². The Bertz CT molecular complexity index is 433. The van der Waals surface area contributed by atoms with E-state index in [9.17, 15) is 4.79 Å². The van der Waals surface area contributed by atoms with Crippen LogP contribution in [0.1, 0.15) is 43.4 Å². The van der Waals surface area contributed by atoms with Crippen LogP contribution in [0.2, 0.25) is 0 Å². The highest BCUT2D eigenvalue weighted by Gasteiger charge is 2.32. The maximum absolute atomic E-state index is 12.1. The summed E-state index contributed by atoms with van der Waals surface area (Å²) in [6.45, 7) is 1.25. The highest BCUT2D eigenvalue weighted by Crippen LogP contribution is 2.38. The SMILES string of the molecule is Cl.NCC1(CC(=O)NCc2ccc(Br)s2)CCCCC1. The highest BCUT2D eigenvalue weighted by atomic mass is 79.9. The topological polar surface area (TPSA) is 55.1 Å². The van der Waals surface area contributed by atoms with E-state index in [0.717, 1.165) is 16.6 Å². The molecule has 1 amide bonds. The van der Waals surface area contributed by atoms with Crippen LogP contribution in [0.5, 0.6) is 0 Å². The number of carbonyl (C=O) groups excluding carboxylic acids is 1. The van der Waals surface area contributed by atoms with Crippen LogP contribution in [-0.2, 0) is 11.3 Å². The molecule has 1 aromatic rings. The zero-order chi connectivity index (χ0) is 13.7. The summed E-state index contributed by atoms with van der Waals surface area (Å²) >= 11 is 5.09. The lowest BCUT2D eigenvalue weighted by atomic mass is 9.71. The molecule has 0 aromatic carbocycles. The Labute approximate surface area is 139 Å². The minimum atomic E-state index is 0. The molecular formula is C14H22BrClN2OS. The van der Waals surface area contributed by atoms with Gasteiger partial charge in [-0.3, -0.25) is 4.79 Å². The van der Waals surface area contributed by atoms with Crippen LogP contribution in [-0.4, -0.2) is 12.5 Å². The van der Waals surface area contributed by atoms with Crippen molar-refractivity contribution < 1.29 is 4.79 Å². The zero-order valence-corrected chi connectivity index (χ0v) is 14.7. The zero-order valence-electron chi connectivity index (χ0n) is 11.5. The summed E-state index contributed by atoms with van der Waals surface area (Å²) in [4.78, 5) is 13.3. The maximum atomic E-state index is 12.1. The van der Waals surface area contributed by atoms with E-state index in [0.29, 0.717) is 19.5 Å². The number of hydrogen-bond donors (Lipinski definition) is 2. The van der Waals surface area contributed by atoms with Gasteiger partial charge in [-0.05, 0) is 52.9 Å². The summed E-state index contributed by atoms with van der Waals surface area (Å²) in [5.74, 6) is 0.136. The van der Waals surface area contributed by atoms with Crippen molar-refractivity contribution in [3.8, 4) is 0 Å². The van der Waals surface area contributed by atoms with Crippen molar-refractivity contribution in [1.82, 2.24) is 5.32 Å². The van der Waals surface area contributed by atoms with Gasteiger partial charge in [0.15, 0.2) is 0 Å². The molecule has 1 fully saturated rings. The molecule has 0 spiro atoms. The molecule has 0 bridgehead atoms. The largest absolute Gasteiger partial charge is 0.351 e. The molecule has 2 rings (SSSR count). The lowest BCUT2D eigenvalue weighted by Crippen LogP contribution is -2.38. The predicted molar refractivity (Wildman–Crippen MR) is 90.3 cm³/mol. The molecule has 6 heteroatoms. The van der Waals surface area contributed by atoms with Gasteiger partial charge in [-0.2, -0.15) is 0 Å². The molecule has 1 heterocycles. The Balaban J connectivity index is 0.00000200. The Hall–Kier alpha value is -0.100. The van der Waals surface area contributed by atoms with E-state index in [-0.39, 0.29) is 23.7 Å². The lowest BCUT2D eigenvalue weighted by molar-refractivity contribution is -0.124. The third-order valence-corrected chi connectivity index (χ3v) is 5.60. The summed E-state index contributed by atoms with van der Waals surface area (Å²) < 4.78 is 1.10. The average molecular weight is 382 g/mol. The number of nitrogens with one attached hydrogen (secondary N) is 1. The molecule has 1 saturated carbocycles. The van der Waals surface area contributed by atoms with Gasteiger partial charge in [0.2, 0.25) is 5.91 Å². The smallest absolute Gasteiger partial charge is 0.220 e. The number of halogens is 2. The molecular weight excluding hydrogens is 360 g/mol. The normalized spacial score (nSPS) is 17.3. The number of thiophene rings is 1. The fourth-order valence-electron chi connectivity index (χ4n) is 2.79. The molecule has 1 aliphatic carbocycles. The monoisotopic (exact) mass is 380 g/mol. The van der Waals surface area contributed by atoms with Gasteiger partial charge in [-0.15, -0.1) is 23.7 Å². The lowest BCUT2D eigenvalue weighted by Gasteiger charge is -2.35. The Morgan fingerprint density at radius 3 is 2.60 bits per heavy atom. The van der Waals surface area contributed by atoms with Gasteiger partial charge in [0.05, 0.1) is 10.3 Å². The second-order valence-corrected chi connectivity index (χ2v) is 7.97. The second kappa shape index (κ2) is 8.37. The maximum Gasteiger partial charge on any atom is 0.220 e. The molecule has 0 unspecified atom stereocenters. The van der Waals surface area contributed by atoms with Crippen molar-refractivity contribution in [1.29, 1.82) is 0 Å². The summed E-state index contributed by atoms with van der Waals surface area (Å²) in [6, 6.07) is 4.04. The van der Waals surface area contributed by atoms with Crippen molar-refractivity contribution in [2.75, 3.05) is 6.54 Å². The van der Waals surface area contributed by atoms with E-state index in [1.165, 1.54) is 24.1 Å². The van der Waals surface area contributed by atoms with E-state index in [2.05, 4.69) is 21.2 Å². The number of nitrogens with two attached hydrogens (primary N) is 1. The summed E-state index contributed by atoms with van der Waals surface area (Å²) in [5.41, 5.74) is 5.97. The summed E-state index contributed by atoms with van der Waals surface area (Å²) in [6.07, 6.45) is 6.48. The molecule has 20 heavy (non-hydrogen) atoms. The van der Waals surface area contributed by atoms with Gasteiger partial charge in [0.25, 0.3) is 0 Å². The van der Waals surface area contributed by atoms with Gasteiger partial charge in [0.1, 0.15) is 0 Å². The van der Waals surface area contributed by atoms with E-state index in [1.807, 2.05) is 12.1 Å². The molecule has 3 nitrogen and oxygen atoms in total. The first-order valence-electron chi connectivity index (χ1n) is 6.85. The quantitative estimate of drug-likeness (QED) is 0.814. The molecule has 114 valence electrons. The second-order valence-electron chi connectivity index (χ2n) is 5.42. The van der Waals surface area contributed by atoms with Gasteiger partial charge in [-0.25, -0.2) is 0 Å². The minimum Gasteiger partial charge on any atom is -0.351 e. The van der Waals surface area contributed by atoms with Gasteiger partial charge in [-0.1, -0.05) is 19.3 Å². The van der Waals surface area contributed by atoms with Gasteiger partial charge >= 0.3 is 0 Å². The molecule has 0 atom stereocenters. The number of rotatable bonds is 5. The molecule has 1 aromatic heterocycles. The first-order chi connectivity index (χ1) is 9.13.